The van der Waals surface area contributed by atoms with Crippen molar-refractivity contribution in [3.05, 3.63) is 22.8 Å². The van der Waals surface area contributed by atoms with Crippen molar-refractivity contribution < 1.29 is 19.7 Å². The maximum absolute atomic E-state index is 12.1. The van der Waals surface area contributed by atoms with Gasteiger partial charge in [-0.2, -0.15) is 0 Å². The summed E-state index contributed by atoms with van der Waals surface area (Å²) >= 11 is 0. The molecule has 0 saturated heterocycles. The first-order chi connectivity index (χ1) is 14.5. The second-order valence-corrected chi connectivity index (χ2v) is 12.3. The van der Waals surface area contributed by atoms with Crippen molar-refractivity contribution in [2.24, 2.45) is 17.8 Å². The first kappa shape index (κ1) is 28.5. The molecule has 4 heteroatoms. The smallest absolute Gasteiger partial charge is 0.308 e. The average Bonchev–Trinajstić information content (AvgIpc) is 2.59. The van der Waals surface area contributed by atoms with E-state index >= 15 is 0 Å². The molecule has 0 aliphatic rings. The van der Waals surface area contributed by atoms with Gasteiger partial charge in [0.2, 0.25) is 0 Å². The lowest BCUT2D eigenvalue weighted by Crippen LogP contribution is -2.26. The molecule has 1 aromatic rings. The van der Waals surface area contributed by atoms with E-state index in [9.17, 15) is 15.0 Å². The van der Waals surface area contributed by atoms with Gasteiger partial charge in [-0.3, -0.25) is 4.79 Å². The van der Waals surface area contributed by atoms with Gasteiger partial charge in [-0.05, 0) is 47.5 Å². The number of rotatable bonds is 9. The molecule has 0 aliphatic heterocycles. The molecule has 0 aliphatic carbocycles. The highest BCUT2D eigenvalue weighted by Gasteiger charge is 2.36. The summed E-state index contributed by atoms with van der Waals surface area (Å²) in [6, 6.07) is 1.69. The van der Waals surface area contributed by atoms with Crippen LogP contribution in [0.1, 0.15) is 125 Å². The van der Waals surface area contributed by atoms with Crippen LogP contribution >= 0.6 is 0 Å². The third-order valence-electron chi connectivity index (χ3n) is 6.07. The average molecular weight is 449 g/mol. The fourth-order valence-electron chi connectivity index (χ4n) is 4.31. The number of esters is 1. The molecule has 184 valence electrons. The summed E-state index contributed by atoms with van der Waals surface area (Å²) in [7, 11) is 0. The summed E-state index contributed by atoms with van der Waals surface area (Å²) in [6.07, 6.45) is 2.98. The zero-order valence-corrected chi connectivity index (χ0v) is 22.4. The fraction of sp³-hybridized carbons (Fsp3) is 0.750. The molecule has 1 aromatic carbocycles. The number of hydrogen-bond donors (Lipinski definition) is 2. The number of benzene rings is 1. The van der Waals surface area contributed by atoms with E-state index in [2.05, 4.69) is 27.7 Å². The fourth-order valence-corrected chi connectivity index (χ4v) is 4.31. The third-order valence-corrected chi connectivity index (χ3v) is 6.07. The van der Waals surface area contributed by atoms with E-state index in [1.54, 1.807) is 6.07 Å². The van der Waals surface area contributed by atoms with Crippen molar-refractivity contribution in [3.8, 4) is 11.5 Å². The van der Waals surface area contributed by atoms with Crippen molar-refractivity contribution in [1.82, 2.24) is 0 Å². The van der Waals surface area contributed by atoms with Crippen molar-refractivity contribution >= 4 is 5.97 Å². The molecule has 2 N–H and O–H groups in total. The predicted octanol–water partition coefficient (Wildman–Crippen LogP) is 7.43. The Kier molecular flexibility index (Phi) is 9.83. The maximum Gasteiger partial charge on any atom is 0.308 e. The number of carbonyl (C=O) groups is 1. The summed E-state index contributed by atoms with van der Waals surface area (Å²) in [4.78, 5) is 12.1. The Morgan fingerprint density at radius 2 is 1.38 bits per heavy atom. The molecule has 0 heterocycles. The molecule has 0 bridgehead atoms. The van der Waals surface area contributed by atoms with Gasteiger partial charge in [-0.1, -0.05) is 82.1 Å². The molecular weight excluding hydrogens is 400 g/mol. The molecular formula is C28H48O4. The van der Waals surface area contributed by atoms with Crippen LogP contribution in [0.15, 0.2) is 6.07 Å². The molecule has 0 saturated carbocycles. The minimum absolute atomic E-state index is 0.0254. The van der Waals surface area contributed by atoms with E-state index in [-0.39, 0.29) is 17.1 Å². The summed E-state index contributed by atoms with van der Waals surface area (Å²) in [6.45, 7) is 22.4. The molecule has 0 spiro atoms. The number of phenols is 1. The van der Waals surface area contributed by atoms with E-state index < -0.39 is 17.5 Å². The number of hydrogen-bond acceptors (Lipinski definition) is 4. The van der Waals surface area contributed by atoms with E-state index in [0.717, 1.165) is 36.8 Å². The van der Waals surface area contributed by atoms with Crippen LogP contribution in [-0.2, 0) is 15.6 Å². The minimum Gasteiger partial charge on any atom is -0.508 e. The normalized spacial score (nSPS) is 13.8. The third kappa shape index (κ3) is 7.79. The highest BCUT2D eigenvalue weighted by Crippen LogP contribution is 2.49. The number of aliphatic hydroxyl groups is 1. The molecule has 1 unspecified atom stereocenters. The first-order valence-corrected chi connectivity index (χ1v) is 12.2. The van der Waals surface area contributed by atoms with E-state index in [1.165, 1.54) is 6.92 Å². The van der Waals surface area contributed by atoms with Gasteiger partial charge in [0.05, 0.1) is 6.10 Å². The van der Waals surface area contributed by atoms with Crippen LogP contribution in [0.4, 0.5) is 0 Å². The van der Waals surface area contributed by atoms with Crippen molar-refractivity contribution in [1.29, 1.82) is 0 Å². The second-order valence-electron chi connectivity index (χ2n) is 12.3. The van der Waals surface area contributed by atoms with Crippen LogP contribution in [0, 0.1) is 17.8 Å². The number of aromatic hydroxyl groups is 1. The highest BCUT2D eigenvalue weighted by molar-refractivity contribution is 5.72. The lowest BCUT2D eigenvalue weighted by atomic mass is 9.73. The summed E-state index contributed by atoms with van der Waals surface area (Å²) < 4.78 is 5.79. The van der Waals surface area contributed by atoms with E-state index in [1.807, 2.05) is 41.5 Å². The van der Waals surface area contributed by atoms with Gasteiger partial charge in [-0.25, -0.2) is 0 Å². The molecule has 0 aromatic heterocycles. The Morgan fingerprint density at radius 1 is 0.906 bits per heavy atom. The molecule has 1 atom stereocenters. The van der Waals surface area contributed by atoms with Crippen LogP contribution in [0.25, 0.3) is 0 Å². The number of phenolic OH excluding ortho intramolecular Hbond substituents is 1. The van der Waals surface area contributed by atoms with Gasteiger partial charge in [0.15, 0.2) is 0 Å². The Bertz CT molecular complexity index is 751. The Hall–Kier alpha value is -1.55. The lowest BCUT2D eigenvalue weighted by molar-refractivity contribution is -0.132. The van der Waals surface area contributed by atoms with Crippen LogP contribution < -0.4 is 4.74 Å². The van der Waals surface area contributed by atoms with E-state index in [0.29, 0.717) is 23.1 Å². The van der Waals surface area contributed by atoms with Gasteiger partial charge in [-0.15, -0.1) is 0 Å². The SMILES string of the molecule is CC(=O)Oc1c(C(C)(C)C)cc(O)c(C(O)C(CCC(C)C)CCC(C)C)c1C(C)(C)C. The van der Waals surface area contributed by atoms with Crippen LogP contribution in [0.3, 0.4) is 0 Å². The van der Waals surface area contributed by atoms with Crippen LogP contribution in [0.2, 0.25) is 0 Å². The first-order valence-electron chi connectivity index (χ1n) is 12.2. The highest BCUT2D eigenvalue weighted by atomic mass is 16.5. The molecule has 4 nitrogen and oxygen atoms in total. The second kappa shape index (κ2) is 11.0. The molecule has 1 rings (SSSR count). The summed E-state index contributed by atoms with van der Waals surface area (Å²) in [5.74, 6) is 1.28. The minimum atomic E-state index is -0.829. The van der Waals surface area contributed by atoms with E-state index in [4.69, 9.17) is 4.74 Å². The van der Waals surface area contributed by atoms with Crippen molar-refractivity contribution in [2.75, 3.05) is 0 Å². The number of aliphatic hydroxyl groups excluding tert-OH is 1. The van der Waals surface area contributed by atoms with Gasteiger partial charge >= 0.3 is 5.97 Å². The molecule has 0 fully saturated rings. The predicted molar refractivity (Wildman–Crippen MR) is 133 cm³/mol. The standard InChI is InChI=1S/C28H48O4/c1-17(2)12-14-20(15-13-18(3)4)25(31)23-22(30)16-21(27(6,7)8)26(32-19(5)29)24(23)28(9,10)11/h16-18,20,25,30-31H,12-15H2,1-11H3. The zero-order valence-electron chi connectivity index (χ0n) is 22.4. The summed E-state index contributed by atoms with van der Waals surface area (Å²) in [5.41, 5.74) is 1.22. The lowest BCUT2D eigenvalue weighted by Gasteiger charge is -2.35. The van der Waals surface area contributed by atoms with Gasteiger partial charge in [0.25, 0.3) is 0 Å². The Morgan fingerprint density at radius 3 is 1.72 bits per heavy atom. The Labute approximate surface area is 196 Å². The van der Waals surface area contributed by atoms with Gasteiger partial charge in [0.1, 0.15) is 11.5 Å². The monoisotopic (exact) mass is 448 g/mol. The van der Waals surface area contributed by atoms with Crippen molar-refractivity contribution in [3.63, 3.8) is 0 Å². The number of ether oxygens (including phenoxy) is 1. The topological polar surface area (TPSA) is 66.8 Å². The molecule has 0 radical (unpaired) electrons. The molecule has 0 amide bonds. The Balaban J connectivity index is 3.78. The van der Waals surface area contributed by atoms with Crippen LogP contribution in [-0.4, -0.2) is 16.2 Å². The number of carbonyl (C=O) groups excluding carboxylic acids is 1. The summed E-state index contributed by atoms with van der Waals surface area (Å²) in [5, 5.41) is 22.9. The van der Waals surface area contributed by atoms with Gasteiger partial charge < -0.3 is 14.9 Å². The molecule has 32 heavy (non-hydrogen) atoms. The zero-order chi connectivity index (χ0) is 25.0. The quantitative estimate of drug-likeness (QED) is 0.304. The largest absolute Gasteiger partial charge is 0.508 e. The maximum atomic E-state index is 12.1. The van der Waals surface area contributed by atoms with Crippen molar-refractivity contribution in [2.45, 2.75) is 119 Å². The van der Waals surface area contributed by atoms with Crippen LogP contribution in [0.5, 0.6) is 11.5 Å². The van der Waals surface area contributed by atoms with Gasteiger partial charge in [0, 0.05) is 23.6 Å².